The first-order valence-corrected chi connectivity index (χ1v) is 5.81. The zero-order chi connectivity index (χ0) is 12.3. The van der Waals surface area contributed by atoms with E-state index in [2.05, 4.69) is 4.37 Å². The Morgan fingerprint density at radius 2 is 2.24 bits per heavy atom. The van der Waals surface area contributed by atoms with Gasteiger partial charge in [0.25, 0.3) is 0 Å². The summed E-state index contributed by atoms with van der Waals surface area (Å²) in [6, 6.07) is 7.61. The number of ether oxygens (including phenoxy) is 1. The van der Waals surface area contributed by atoms with Crippen LogP contribution >= 0.6 is 11.5 Å². The van der Waals surface area contributed by atoms with Crippen LogP contribution in [0.2, 0.25) is 0 Å². The summed E-state index contributed by atoms with van der Waals surface area (Å²) in [5, 5.41) is 8.92. The molecule has 1 aromatic heterocycles. The van der Waals surface area contributed by atoms with Crippen molar-refractivity contribution >= 4 is 17.5 Å². The van der Waals surface area contributed by atoms with Crippen LogP contribution in [-0.4, -0.2) is 15.4 Å². The van der Waals surface area contributed by atoms with Crippen LogP contribution in [0.4, 0.5) is 0 Å². The zero-order valence-corrected chi connectivity index (χ0v) is 10.0. The molecular weight excluding hydrogens is 238 g/mol. The molecule has 2 aromatic rings. The van der Waals surface area contributed by atoms with Gasteiger partial charge in [-0.05, 0) is 30.1 Å². The molecule has 17 heavy (non-hydrogen) atoms. The lowest BCUT2D eigenvalue weighted by Crippen LogP contribution is -2.02. The number of carboxylic acid groups (broad SMARTS) is 1. The number of carboxylic acids is 1. The van der Waals surface area contributed by atoms with Gasteiger partial charge in [0.2, 0.25) is 0 Å². The molecule has 0 aliphatic rings. The van der Waals surface area contributed by atoms with E-state index < -0.39 is 5.97 Å². The second-order valence-corrected chi connectivity index (χ2v) is 4.41. The van der Waals surface area contributed by atoms with Crippen molar-refractivity contribution in [1.29, 1.82) is 0 Å². The van der Waals surface area contributed by atoms with Crippen molar-refractivity contribution in [2.45, 2.75) is 13.5 Å². The standard InChI is InChI=1S/C12H11NO3S/c1-8-4-2-3-5-10(8)16-7-11-9(12(14)15)6-13-17-11/h2-6H,7H2,1H3,(H,14,15). The maximum Gasteiger partial charge on any atom is 0.338 e. The first-order valence-electron chi connectivity index (χ1n) is 5.04. The second-order valence-electron chi connectivity index (χ2n) is 3.52. The van der Waals surface area contributed by atoms with E-state index >= 15 is 0 Å². The van der Waals surface area contributed by atoms with Crippen LogP contribution in [0.25, 0.3) is 0 Å². The van der Waals surface area contributed by atoms with E-state index in [9.17, 15) is 4.79 Å². The molecule has 1 N–H and O–H groups in total. The van der Waals surface area contributed by atoms with Gasteiger partial charge in [0.1, 0.15) is 12.4 Å². The number of benzene rings is 1. The van der Waals surface area contributed by atoms with E-state index in [1.807, 2.05) is 31.2 Å². The molecule has 2 rings (SSSR count). The van der Waals surface area contributed by atoms with Gasteiger partial charge in [0, 0.05) is 0 Å². The van der Waals surface area contributed by atoms with Crippen molar-refractivity contribution < 1.29 is 14.6 Å². The Hall–Kier alpha value is -1.88. The fourth-order valence-electron chi connectivity index (χ4n) is 1.40. The van der Waals surface area contributed by atoms with E-state index in [0.29, 0.717) is 4.88 Å². The molecule has 4 nitrogen and oxygen atoms in total. The van der Waals surface area contributed by atoms with Crippen LogP contribution in [0.15, 0.2) is 30.5 Å². The fraction of sp³-hybridized carbons (Fsp3) is 0.167. The summed E-state index contributed by atoms with van der Waals surface area (Å²) < 4.78 is 9.44. The summed E-state index contributed by atoms with van der Waals surface area (Å²) >= 11 is 1.15. The maximum absolute atomic E-state index is 10.9. The highest BCUT2D eigenvalue weighted by molar-refractivity contribution is 7.06. The minimum atomic E-state index is -0.970. The van der Waals surface area contributed by atoms with Crippen LogP contribution in [0.3, 0.4) is 0 Å². The molecule has 5 heteroatoms. The number of hydrogen-bond acceptors (Lipinski definition) is 4. The summed E-state index contributed by atoms with van der Waals surface area (Å²) in [4.78, 5) is 11.5. The van der Waals surface area contributed by atoms with E-state index in [1.165, 1.54) is 6.20 Å². The molecule has 0 atom stereocenters. The van der Waals surface area contributed by atoms with E-state index in [-0.39, 0.29) is 12.2 Å². The predicted octanol–water partition coefficient (Wildman–Crippen LogP) is 2.73. The van der Waals surface area contributed by atoms with Gasteiger partial charge in [-0.15, -0.1) is 0 Å². The Labute approximate surface area is 103 Å². The Kier molecular flexibility index (Phi) is 3.39. The van der Waals surface area contributed by atoms with E-state index in [4.69, 9.17) is 9.84 Å². The summed E-state index contributed by atoms with van der Waals surface area (Å²) in [5.74, 6) is -0.209. The van der Waals surface area contributed by atoms with Gasteiger partial charge in [0.05, 0.1) is 16.6 Å². The number of rotatable bonds is 4. The Morgan fingerprint density at radius 1 is 1.47 bits per heavy atom. The highest BCUT2D eigenvalue weighted by Gasteiger charge is 2.13. The Morgan fingerprint density at radius 3 is 2.94 bits per heavy atom. The number of hydrogen-bond donors (Lipinski definition) is 1. The van der Waals surface area contributed by atoms with Crippen LogP contribution < -0.4 is 4.74 Å². The molecular formula is C12H11NO3S. The van der Waals surface area contributed by atoms with Crippen molar-refractivity contribution in [2.75, 3.05) is 0 Å². The van der Waals surface area contributed by atoms with Gasteiger partial charge in [-0.2, -0.15) is 4.37 Å². The normalized spacial score (nSPS) is 10.2. The van der Waals surface area contributed by atoms with Crippen molar-refractivity contribution in [3.63, 3.8) is 0 Å². The van der Waals surface area contributed by atoms with E-state index in [0.717, 1.165) is 22.8 Å². The summed E-state index contributed by atoms with van der Waals surface area (Å²) in [5.41, 5.74) is 1.23. The largest absolute Gasteiger partial charge is 0.488 e. The van der Waals surface area contributed by atoms with Crippen molar-refractivity contribution in [3.05, 3.63) is 46.5 Å². The number of aromatic nitrogens is 1. The molecule has 88 valence electrons. The highest BCUT2D eigenvalue weighted by atomic mass is 32.1. The predicted molar refractivity (Wildman–Crippen MR) is 64.6 cm³/mol. The molecule has 0 aliphatic carbocycles. The smallest absolute Gasteiger partial charge is 0.338 e. The van der Waals surface area contributed by atoms with Crippen LogP contribution in [0.5, 0.6) is 5.75 Å². The van der Waals surface area contributed by atoms with E-state index in [1.54, 1.807) is 0 Å². The van der Waals surface area contributed by atoms with Gasteiger partial charge in [-0.3, -0.25) is 0 Å². The summed E-state index contributed by atoms with van der Waals surface area (Å²) in [6.45, 7) is 2.18. The molecule has 0 saturated heterocycles. The molecule has 1 aromatic carbocycles. The Bertz CT molecular complexity index is 536. The minimum absolute atomic E-state index is 0.212. The second kappa shape index (κ2) is 4.97. The molecule has 0 radical (unpaired) electrons. The molecule has 0 bridgehead atoms. The SMILES string of the molecule is Cc1ccccc1OCc1sncc1C(=O)O. The number of aryl methyl sites for hydroxylation is 1. The number of nitrogens with zero attached hydrogens (tertiary/aromatic N) is 1. The molecule has 0 saturated carbocycles. The van der Waals surface area contributed by atoms with Gasteiger partial charge >= 0.3 is 5.97 Å². The third kappa shape index (κ3) is 2.62. The zero-order valence-electron chi connectivity index (χ0n) is 9.21. The number of aromatic carboxylic acids is 1. The summed E-state index contributed by atoms with van der Waals surface area (Å²) in [7, 11) is 0. The molecule has 0 amide bonds. The molecule has 0 aliphatic heterocycles. The van der Waals surface area contributed by atoms with Gasteiger partial charge in [0.15, 0.2) is 0 Å². The first-order chi connectivity index (χ1) is 8.18. The third-order valence-corrected chi connectivity index (χ3v) is 3.10. The molecule has 1 heterocycles. The Balaban J connectivity index is 2.10. The minimum Gasteiger partial charge on any atom is -0.488 e. The fourth-order valence-corrected chi connectivity index (χ4v) is 2.04. The van der Waals surface area contributed by atoms with Gasteiger partial charge < -0.3 is 9.84 Å². The van der Waals surface area contributed by atoms with Crippen LogP contribution in [0.1, 0.15) is 20.8 Å². The van der Waals surface area contributed by atoms with Crippen molar-refractivity contribution in [1.82, 2.24) is 4.37 Å². The number of carbonyl (C=O) groups is 1. The summed E-state index contributed by atoms with van der Waals surface area (Å²) in [6.07, 6.45) is 1.35. The van der Waals surface area contributed by atoms with Gasteiger partial charge in [-0.25, -0.2) is 4.79 Å². The monoisotopic (exact) mass is 249 g/mol. The average Bonchev–Trinajstić information content (AvgIpc) is 2.76. The quantitative estimate of drug-likeness (QED) is 0.905. The highest BCUT2D eigenvalue weighted by Crippen LogP contribution is 2.20. The molecule has 0 unspecified atom stereocenters. The topological polar surface area (TPSA) is 59.4 Å². The molecule has 0 spiro atoms. The lowest BCUT2D eigenvalue weighted by atomic mass is 10.2. The van der Waals surface area contributed by atoms with Crippen LogP contribution in [-0.2, 0) is 6.61 Å². The first kappa shape index (κ1) is 11.6. The van der Waals surface area contributed by atoms with Crippen molar-refractivity contribution in [2.24, 2.45) is 0 Å². The number of para-hydroxylation sites is 1. The lowest BCUT2D eigenvalue weighted by Gasteiger charge is -2.07. The van der Waals surface area contributed by atoms with Gasteiger partial charge in [-0.1, -0.05) is 18.2 Å². The lowest BCUT2D eigenvalue weighted by molar-refractivity contribution is 0.0694. The van der Waals surface area contributed by atoms with Crippen LogP contribution in [0, 0.1) is 6.92 Å². The third-order valence-electron chi connectivity index (χ3n) is 2.33. The maximum atomic E-state index is 10.9. The van der Waals surface area contributed by atoms with Crippen molar-refractivity contribution in [3.8, 4) is 5.75 Å². The average molecular weight is 249 g/mol. The molecule has 0 fully saturated rings.